The number of rotatable bonds is 4. The minimum atomic E-state index is 0.103. The molecule has 1 aliphatic carbocycles. The molecule has 1 fully saturated rings. The van der Waals surface area contributed by atoms with Crippen LogP contribution in [-0.2, 0) is 0 Å². The summed E-state index contributed by atoms with van der Waals surface area (Å²) in [6.07, 6.45) is 2.19. The maximum atomic E-state index is 9.10. The summed E-state index contributed by atoms with van der Waals surface area (Å²) in [5, 5.41) is 12.3. The number of aliphatic hydroxyl groups is 1. The molecule has 0 atom stereocenters. The Labute approximate surface area is 83.2 Å². The molecule has 1 aliphatic rings. The molecule has 1 aromatic heterocycles. The quantitative estimate of drug-likeness (QED) is 0.663. The van der Waals surface area contributed by atoms with Crippen LogP contribution in [0.25, 0.3) is 0 Å². The van der Waals surface area contributed by atoms with Gasteiger partial charge in [0, 0.05) is 12.0 Å². The van der Waals surface area contributed by atoms with Gasteiger partial charge >= 0.3 is 0 Å². The standard InChI is InChI=1S/C10H15N3O/c11-8-2-1-3-9(13-8)12-6-10(7-14)4-5-10/h1-3,14H,4-7H2,(H3,11,12,13). The Bertz CT molecular complexity index is 323. The van der Waals surface area contributed by atoms with Crippen LogP contribution in [-0.4, -0.2) is 23.2 Å². The largest absolute Gasteiger partial charge is 0.396 e. The van der Waals surface area contributed by atoms with E-state index in [1.54, 1.807) is 6.07 Å². The SMILES string of the molecule is Nc1cccc(NCC2(CO)CC2)n1. The van der Waals surface area contributed by atoms with Crippen LogP contribution in [0, 0.1) is 5.41 Å². The summed E-state index contributed by atoms with van der Waals surface area (Å²) in [7, 11) is 0. The van der Waals surface area contributed by atoms with Crippen LogP contribution in [0.3, 0.4) is 0 Å². The van der Waals surface area contributed by atoms with E-state index in [2.05, 4.69) is 10.3 Å². The Kier molecular flexibility index (Phi) is 2.29. The minimum absolute atomic E-state index is 0.103. The number of anilines is 2. The van der Waals surface area contributed by atoms with Crippen molar-refractivity contribution < 1.29 is 5.11 Å². The molecule has 4 nitrogen and oxygen atoms in total. The maximum absolute atomic E-state index is 9.10. The first kappa shape index (κ1) is 9.27. The Balaban J connectivity index is 1.92. The number of pyridine rings is 1. The van der Waals surface area contributed by atoms with Gasteiger partial charge in [0.2, 0.25) is 0 Å². The highest BCUT2D eigenvalue weighted by Gasteiger charge is 2.41. The second kappa shape index (κ2) is 3.46. The van der Waals surface area contributed by atoms with Gasteiger partial charge in [0.15, 0.2) is 0 Å². The fourth-order valence-corrected chi connectivity index (χ4v) is 1.40. The zero-order valence-corrected chi connectivity index (χ0v) is 8.03. The number of hydrogen-bond donors (Lipinski definition) is 3. The highest BCUT2D eigenvalue weighted by molar-refractivity contribution is 5.42. The van der Waals surface area contributed by atoms with E-state index in [1.165, 1.54) is 0 Å². The molecular weight excluding hydrogens is 178 g/mol. The van der Waals surface area contributed by atoms with Crippen LogP contribution in [0.4, 0.5) is 11.6 Å². The molecule has 1 saturated carbocycles. The molecule has 0 aliphatic heterocycles. The first-order valence-corrected chi connectivity index (χ1v) is 4.81. The Morgan fingerprint density at radius 3 is 2.86 bits per heavy atom. The van der Waals surface area contributed by atoms with E-state index >= 15 is 0 Å². The molecule has 0 aromatic carbocycles. The van der Waals surface area contributed by atoms with Crippen molar-refractivity contribution in [3.8, 4) is 0 Å². The number of nitrogens with zero attached hydrogens (tertiary/aromatic N) is 1. The summed E-state index contributed by atoms with van der Waals surface area (Å²) in [4.78, 5) is 4.12. The third kappa shape index (κ3) is 1.96. The third-order valence-corrected chi connectivity index (χ3v) is 2.71. The normalized spacial score (nSPS) is 17.8. The van der Waals surface area contributed by atoms with Crippen molar-refractivity contribution in [1.82, 2.24) is 4.98 Å². The summed E-state index contributed by atoms with van der Waals surface area (Å²) in [6, 6.07) is 5.50. The molecule has 1 heterocycles. The summed E-state index contributed by atoms with van der Waals surface area (Å²) >= 11 is 0. The predicted molar refractivity (Wildman–Crippen MR) is 55.9 cm³/mol. The van der Waals surface area contributed by atoms with Gasteiger partial charge in [-0.15, -0.1) is 0 Å². The van der Waals surface area contributed by atoms with Gasteiger partial charge in [-0.1, -0.05) is 6.07 Å². The Morgan fingerprint density at radius 1 is 1.50 bits per heavy atom. The zero-order valence-electron chi connectivity index (χ0n) is 8.03. The number of hydrogen-bond acceptors (Lipinski definition) is 4. The molecule has 0 saturated heterocycles. The molecule has 0 unspecified atom stereocenters. The van der Waals surface area contributed by atoms with Gasteiger partial charge in [-0.25, -0.2) is 4.98 Å². The average molecular weight is 193 g/mol. The highest BCUT2D eigenvalue weighted by atomic mass is 16.3. The maximum Gasteiger partial charge on any atom is 0.128 e. The lowest BCUT2D eigenvalue weighted by molar-refractivity contribution is 0.219. The Morgan fingerprint density at radius 2 is 2.29 bits per heavy atom. The first-order chi connectivity index (χ1) is 6.74. The number of nitrogens with one attached hydrogen (secondary N) is 1. The molecule has 0 bridgehead atoms. The monoisotopic (exact) mass is 193 g/mol. The van der Waals surface area contributed by atoms with Crippen LogP contribution >= 0.6 is 0 Å². The van der Waals surface area contributed by atoms with Gasteiger partial charge in [-0.05, 0) is 25.0 Å². The van der Waals surface area contributed by atoms with Crippen molar-refractivity contribution >= 4 is 11.6 Å². The third-order valence-electron chi connectivity index (χ3n) is 2.71. The van der Waals surface area contributed by atoms with Crippen molar-refractivity contribution in [2.24, 2.45) is 5.41 Å². The molecule has 76 valence electrons. The molecule has 2 rings (SSSR count). The second-order valence-corrected chi connectivity index (χ2v) is 3.96. The van der Waals surface area contributed by atoms with E-state index in [-0.39, 0.29) is 12.0 Å². The molecule has 14 heavy (non-hydrogen) atoms. The molecular formula is C10H15N3O. The van der Waals surface area contributed by atoms with Gasteiger partial charge in [0.05, 0.1) is 6.61 Å². The molecule has 0 spiro atoms. The van der Waals surface area contributed by atoms with Crippen LogP contribution in [0.15, 0.2) is 18.2 Å². The lowest BCUT2D eigenvalue weighted by Crippen LogP contribution is -2.19. The van der Waals surface area contributed by atoms with Crippen molar-refractivity contribution in [2.45, 2.75) is 12.8 Å². The van der Waals surface area contributed by atoms with Crippen molar-refractivity contribution in [3.05, 3.63) is 18.2 Å². The van der Waals surface area contributed by atoms with Crippen LogP contribution in [0.5, 0.6) is 0 Å². The van der Waals surface area contributed by atoms with E-state index in [0.717, 1.165) is 25.2 Å². The van der Waals surface area contributed by atoms with Crippen molar-refractivity contribution in [3.63, 3.8) is 0 Å². The van der Waals surface area contributed by atoms with E-state index < -0.39 is 0 Å². The molecule has 0 radical (unpaired) electrons. The molecule has 1 aromatic rings. The predicted octanol–water partition coefficient (Wildman–Crippen LogP) is 0.848. The van der Waals surface area contributed by atoms with E-state index in [1.807, 2.05) is 12.1 Å². The molecule has 4 heteroatoms. The van der Waals surface area contributed by atoms with Gasteiger partial charge in [0.25, 0.3) is 0 Å². The first-order valence-electron chi connectivity index (χ1n) is 4.81. The van der Waals surface area contributed by atoms with Crippen LogP contribution in [0.2, 0.25) is 0 Å². The number of nitrogens with two attached hydrogens (primary N) is 1. The topological polar surface area (TPSA) is 71.2 Å². The second-order valence-electron chi connectivity index (χ2n) is 3.96. The number of aliphatic hydroxyl groups excluding tert-OH is 1. The lowest BCUT2D eigenvalue weighted by atomic mass is 10.1. The smallest absolute Gasteiger partial charge is 0.128 e. The highest BCUT2D eigenvalue weighted by Crippen LogP contribution is 2.44. The summed E-state index contributed by atoms with van der Waals surface area (Å²) in [5.41, 5.74) is 5.65. The van der Waals surface area contributed by atoms with Crippen molar-refractivity contribution in [1.29, 1.82) is 0 Å². The van der Waals surface area contributed by atoms with Gasteiger partial charge in [-0.3, -0.25) is 0 Å². The zero-order chi connectivity index (χ0) is 10.0. The van der Waals surface area contributed by atoms with Gasteiger partial charge in [-0.2, -0.15) is 0 Å². The number of aromatic nitrogens is 1. The van der Waals surface area contributed by atoms with Gasteiger partial charge in [0.1, 0.15) is 11.6 Å². The van der Waals surface area contributed by atoms with Crippen LogP contribution in [0.1, 0.15) is 12.8 Å². The molecule has 4 N–H and O–H groups in total. The number of nitrogen functional groups attached to an aromatic ring is 1. The minimum Gasteiger partial charge on any atom is -0.396 e. The fourth-order valence-electron chi connectivity index (χ4n) is 1.40. The van der Waals surface area contributed by atoms with Gasteiger partial charge < -0.3 is 16.2 Å². The van der Waals surface area contributed by atoms with E-state index in [9.17, 15) is 0 Å². The van der Waals surface area contributed by atoms with Crippen LogP contribution < -0.4 is 11.1 Å². The average Bonchev–Trinajstić information content (AvgIpc) is 2.96. The lowest BCUT2D eigenvalue weighted by Gasteiger charge is -2.13. The van der Waals surface area contributed by atoms with E-state index in [0.29, 0.717) is 5.82 Å². The van der Waals surface area contributed by atoms with Crippen molar-refractivity contribution in [2.75, 3.05) is 24.2 Å². The summed E-state index contributed by atoms with van der Waals surface area (Å²) < 4.78 is 0. The Hall–Kier alpha value is -1.29. The summed E-state index contributed by atoms with van der Waals surface area (Å²) in [5.74, 6) is 1.30. The summed E-state index contributed by atoms with van der Waals surface area (Å²) in [6.45, 7) is 1.03. The van der Waals surface area contributed by atoms with E-state index in [4.69, 9.17) is 10.8 Å². The molecule has 0 amide bonds. The fraction of sp³-hybridized carbons (Fsp3) is 0.500.